The fourth-order valence-electron chi connectivity index (χ4n) is 3.22. The first-order chi connectivity index (χ1) is 16.3. The highest BCUT2D eigenvalue weighted by molar-refractivity contribution is 5.91. The van der Waals surface area contributed by atoms with Crippen LogP contribution in [0.5, 0.6) is 0 Å². The van der Waals surface area contributed by atoms with Gasteiger partial charge in [-0.2, -0.15) is 0 Å². The van der Waals surface area contributed by atoms with Gasteiger partial charge in [0.05, 0.1) is 12.5 Å². The van der Waals surface area contributed by atoms with E-state index in [0.717, 1.165) is 11.1 Å². The van der Waals surface area contributed by atoms with Gasteiger partial charge in [-0.1, -0.05) is 67.6 Å². The number of amides is 3. The number of carbonyl (C=O) groups is 4. The second-order valence-corrected chi connectivity index (χ2v) is 7.80. The molecule has 0 saturated heterocycles. The number of nitrogens with one attached hydrogen (secondary N) is 2. The van der Waals surface area contributed by atoms with Crippen molar-refractivity contribution < 1.29 is 28.7 Å². The van der Waals surface area contributed by atoms with Crippen molar-refractivity contribution in [3.05, 3.63) is 71.8 Å². The lowest BCUT2D eigenvalue weighted by atomic mass is 10.00. The Labute approximate surface area is 199 Å². The van der Waals surface area contributed by atoms with Crippen LogP contribution in [-0.4, -0.2) is 42.6 Å². The first-order valence-corrected chi connectivity index (χ1v) is 11.1. The summed E-state index contributed by atoms with van der Waals surface area (Å²) in [5, 5.41) is 5.11. The summed E-state index contributed by atoms with van der Waals surface area (Å²) in [7, 11) is 0. The Kier molecular flexibility index (Phi) is 10.6. The third-order valence-electron chi connectivity index (χ3n) is 5.04. The summed E-state index contributed by atoms with van der Waals surface area (Å²) in [5.74, 6) is -2.57. The molecule has 0 aromatic heterocycles. The van der Waals surface area contributed by atoms with E-state index in [0.29, 0.717) is 0 Å². The highest BCUT2D eigenvalue weighted by atomic mass is 16.5. The van der Waals surface area contributed by atoms with Gasteiger partial charge < -0.3 is 25.8 Å². The Morgan fingerprint density at radius 2 is 1.44 bits per heavy atom. The smallest absolute Gasteiger partial charge is 0.408 e. The molecule has 182 valence electrons. The van der Waals surface area contributed by atoms with Crippen LogP contribution in [0, 0.1) is 5.92 Å². The van der Waals surface area contributed by atoms with E-state index in [2.05, 4.69) is 10.6 Å². The number of alkyl carbamates (subject to hydrolysis) is 1. The number of primary amides is 1. The zero-order chi connectivity index (χ0) is 24.9. The molecule has 0 aliphatic rings. The first kappa shape index (κ1) is 26.4. The molecule has 0 aliphatic carbocycles. The maximum absolute atomic E-state index is 13.0. The van der Waals surface area contributed by atoms with Gasteiger partial charge in [0.1, 0.15) is 18.7 Å². The third-order valence-corrected chi connectivity index (χ3v) is 5.04. The largest absolute Gasteiger partial charge is 0.466 e. The van der Waals surface area contributed by atoms with E-state index in [-0.39, 0.29) is 26.1 Å². The SMILES string of the molecule is CCOC(=O)[C@H](C)C[C@@H](NC(=O)[C@@H](Cc1ccccc1)NC(=O)OCc1ccccc1)C(N)=O. The van der Waals surface area contributed by atoms with E-state index in [4.69, 9.17) is 15.2 Å². The molecular formula is C25H31N3O6. The summed E-state index contributed by atoms with van der Waals surface area (Å²) in [6, 6.07) is 16.0. The minimum Gasteiger partial charge on any atom is -0.466 e. The van der Waals surface area contributed by atoms with Gasteiger partial charge in [-0.3, -0.25) is 14.4 Å². The molecular weight excluding hydrogens is 438 g/mol. The number of esters is 1. The number of hydrogen-bond acceptors (Lipinski definition) is 6. The van der Waals surface area contributed by atoms with Crippen LogP contribution in [0.25, 0.3) is 0 Å². The minimum absolute atomic E-state index is 0.0313. The summed E-state index contributed by atoms with van der Waals surface area (Å²) in [5.41, 5.74) is 7.04. The van der Waals surface area contributed by atoms with Crippen molar-refractivity contribution in [2.75, 3.05) is 6.61 Å². The number of nitrogens with two attached hydrogens (primary N) is 1. The van der Waals surface area contributed by atoms with E-state index < -0.39 is 41.9 Å². The Hall–Kier alpha value is -3.88. The van der Waals surface area contributed by atoms with Crippen molar-refractivity contribution in [1.29, 1.82) is 0 Å². The predicted octanol–water partition coefficient (Wildman–Crippen LogP) is 2.08. The number of ether oxygens (including phenoxy) is 2. The van der Waals surface area contributed by atoms with Crippen molar-refractivity contribution in [3.63, 3.8) is 0 Å². The van der Waals surface area contributed by atoms with Crippen LogP contribution in [0.2, 0.25) is 0 Å². The van der Waals surface area contributed by atoms with E-state index >= 15 is 0 Å². The van der Waals surface area contributed by atoms with Crippen LogP contribution in [0.15, 0.2) is 60.7 Å². The lowest BCUT2D eigenvalue weighted by molar-refractivity contribution is -0.148. The van der Waals surface area contributed by atoms with E-state index in [1.165, 1.54) is 0 Å². The molecule has 0 aliphatic heterocycles. The molecule has 2 aromatic carbocycles. The van der Waals surface area contributed by atoms with E-state index in [9.17, 15) is 19.2 Å². The highest BCUT2D eigenvalue weighted by Crippen LogP contribution is 2.10. The normalized spacial score (nSPS) is 13.1. The van der Waals surface area contributed by atoms with Gasteiger partial charge in [0.25, 0.3) is 0 Å². The van der Waals surface area contributed by atoms with Crippen molar-refractivity contribution in [1.82, 2.24) is 10.6 Å². The predicted molar refractivity (Wildman–Crippen MR) is 125 cm³/mol. The molecule has 3 atom stereocenters. The number of benzene rings is 2. The van der Waals surface area contributed by atoms with Gasteiger partial charge in [-0.05, 0) is 24.5 Å². The molecule has 34 heavy (non-hydrogen) atoms. The Morgan fingerprint density at radius 3 is 2.00 bits per heavy atom. The highest BCUT2D eigenvalue weighted by Gasteiger charge is 2.29. The summed E-state index contributed by atoms with van der Waals surface area (Å²) >= 11 is 0. The maximum atomic E-state index is 13.0. The molecule has 2 rings (SSSR count). The van der Waals surface area contributed by atoms with Gasteiger partial charge in [0, 0.05) is 6.42 Å². The van der Waals surface area contributed by atoms with Crippen molar-refractivity contribution in [2.45, 2.75) is 45.4 Å². The summed E-state index contributed by atoms with van der Waals surface area (Å²) in [6.07, 6.45) is -0.655. The standard InChI is InChI=1S/C25H31N3O6/c1-3-33-24(31)17(2)14-20(22(26)29)27-23(30)21(15-18-10-6-4-7-11-18)28-25(32)34-16-19-12-8-5-9-13-19/h4-13,17,20-21H,3,14-16H2,1-2H3,(H2,26,29)(H,27,30)(H,28,32)/t17-,20-,21-/m1/s1. The molecule has 9 heteroatoms. The number of rotatable bonds is 12. The molecule has 2 aromatic rings. The molecule has 0 radical (unpaired) electrons. The Bertz CT molecular complexity index is 952. The van der Waals surface area contributed by atoms with Crippen LogP contribution < -0.4 is 16.4 Å². The monoisotopic (exact) mass is 469 g/mol. The van der Waals surface area contributed by atoms with Crippen molar-refractivity contribution in [2.24, 2.45) is 11.7 Å². The molecule has 0 saturated carbocycles. The molecule has 0 fully saturated rings. The second kappa shape index (κ2) is 13.6. The summed E-state index contributed by atoms with van der Waals surface area (Å²) in [6.45, 7) is 3.49. The maximum Gasteiger partial charge on any atom is 0.408 e. The summed E-state index contributed by atoms with van der Waals surface area (Å²) < 4.78 is 10.2. The molecule has 0 spiro atoms. The van der Waals surface area contributed by atoms with Crippen LogP contribution in [0.4, 0.5) is 4.79 Å². The van der Waals surface area contributed by atoms with E-state index in [1.54, 1.807) is 13.8 Å². The zero-order valence-electron chi connectivity index (χ0n) is 19.4. The topological polar surface area (TPSA) is 137 Å². The quantitative estimate of drug-likeness (QED) is 0.407. The van der Waals surface area contributed by atoms with Crippen LogP contribution in [-0.2, 0) is 36.9 Å². The second-order valence-electron chi connectivity index (χ2n) is 7.80. The van der Waals surface area contributed by atoms with Gasteiger partial charge in [-0.15, -0.1) is 0 Å². The number of carbonyl (C=O) groups excluding carboxylic acids is 4. The Balaban J connectivity index is 2.08. The first-order valence-electron chi connectivity index (χ1n) is 11.1. The molecule has 9 nitrogen and oxygen atoms in total. The fourth-order valence-corrected chi connectivity index (χ4v) is 3.22. The third kappa shape index (κ3) is 8.93. The van der Waals surface area contributed by atoms with Crippen molar-refractivity contribution >= 4 is 23.9 Å². The van der Waals surface area contributed by atoms with Crippen LogP contribution >= 0.6 is 0 Å². The van der Waals surface area contributed by atoms with Crippen LogP contribution in [0.3, 0.4) is 0 Å². The molecule has 0 heterocycles. The zero-order valence-corrected chi connectivity index (χ0v) is 19.4. The average molecular weight is 470 g/mol. The van der Waals surface area contributed by atoms with Crippen LogP contribution in [0.1, 0.15) is 31.4 Å². The van der Waals surface area contributed by atoms with Crippen molar-refractivity contribution in [3.8, 4) is 0 Å². The lowest BCUT2D eigenvalue weighted by Gasteiger charge is -2.23. The van der Waals surface area contributed by atoms with Gasteiger partial charge in [0.2, 0.25) is 11.8 Å². The average Bonchev–Trinajstić information content (AvgIpc) is 2.83. The number of hydrogen-bond donors (Lipinski definition) is 3. The molecule has 3 amide bonds. The molecule has 0 unspecified atom stereocenters. The molecule has 0 bridgehead atoms. The fraction of sp³-hybridized carbons (Fsp3) is 0.360. The van der Waals surface area contributed by atoms with E-state index in [1.807, 2.05) is 60.7 Å². The molecule has 4 N–H and O–H groups in total. The van der Waals surface area contributed by atoms with Gasteiger partial charge in [-0.25, -0.2) is 4.79 Å². The van der Waals surface area contributed by atoms with Gasteiger partial charge >= 0.3 is 12.1 Å². The summed E-state index contributed by atoms with van der Waals surface area (Å²) in [4.78, 5) is 49.4. The lowest BCUT2D eigenvalue weighted by Crippen LogP contribution is -2.54. The minimum atomic E-state index is -1.12. The Morgan fingerprint density at radius 1 is 0.853 bits per heavy atom. The van der Waals surface area contributed by atoms with Gasteiger partial charge in [0.15, 0.2) is 0 Å².